The molecule has 1 amide bonds. The van der Waals surface area contributed by atoms with Gasteiger partial charge in [0.2, 0.25) is 5.91 Å². The van der Waals surface area contributed by atoms with E-state index < -0.39 is 29.1 Å². The monoisotopic (exact) mass is 397 g/mol. The molecule has 2 aromatic rings. The van der Waals surface area contributed by atoms with Crippen molar-refractivity contribution < 1.29 is 19.1 Å². The van der Waals surface area contributed by atoms with Crippen LogP contribution in [0.15, 0.2) is 48.5 Å². The maximum absolute atomic E-state index is 13.2. The Balaban J connectivity index is 1.95. The summed E-state index contributed by atoms with van der Waals surface area (Å²) in [6.07, 6.45) is 0.205. The van der Waals surface area contributed by atoms with Crippen LogP contribution in [0.25, 0.3) is 0 Å². The number of benzene rings is 2. The van der Waals surface area contributed by atoms with Gasteiger partial charge in [0.25, 0.3) is 0 Å². The molecule has 0 aromatic heterocycles. The third-order valence-corrected chi connectivity index (χ3v) is 6.38. The number of anilines is 1. The minimum Gasteiger partial charge on any atom is -0.468 e. The summed E-state index contributed by atoms with van der Waals surface area (Å²) in [5.74, 6) is -2.47. The maximum Gasteiger partial charge on any atom is 0.322 e. The van der Waals surface area contributed by atoms with Crippen LogP contribution in [0.4, 0.5) is 5.69 Å². The van der Waals surface area contributed by atoms with E-state index in [2.05, 4.69) is 5.32 Å². The molecule has 2 aliphatic rings. The highest BCUT2D eigenvalue weighted by molar-refractivity contribution is 6.30. The highest BCUT2D eigenvalue weighted by Crippen LogP contribution is 2.62. The Kier molecular flexibility index (Phi) is 4.50. The fourth-order valence-electron chi connectivity index (χ4n) is 4.99. The molecule has 1 heterocycles. The maximum atomic E-state index is 13.2. The van der Waals surface area contributed by atoms with Crippen LogP contribution < -0.4 is 5.32 Å². The molecule has 4 atom stereocenters. The Bertz CT molecular complexity index is 971. The molecular weight excluding hydrogens is 378 g/mol. The van der Waals surface area contributed by atoms with Crippen molar-refractivity contribution in [2.24, 2.45) is 11.3 Å². The smallest absolute Gasteiger partial charge is 0.322 e. The molecule has 6 heteroatoms. The van der Waals surface area contributed by atoms with E-state index in [9.17, 15) is 14.4 Å². The number of para-hydroxylation sites is 1. The van der Waals surface area contributed by atoms with Crippen LogP contribution in [0.5, 0.6) is 0 Å². The molecule has 144 valence electrons. The molecule has 0 saturated heterocycles. The molecule has 1 fully saturated rings. The minimum atomic E-state index is -1.44. The predicted octanol–water partition coefficient (Wildman–Crippen LogP) is 3.93. The third kappa shape index (κ3) is 2.57. The molecule has 2 aromatic carbocycles. The standard InChI is InChI=1S/C22H20ClNO4/c1-12(25)18-16(13-7-9-14(23)10-8-13)11-22(21(27)28-2)19(18)15-5-3-4-6-17(15)24-20(22)26/h3-10,16,18-19H,11H2,1-2H3,(H,24,26)/t16-,18+,19-,22-/m1/s1. The summed E-state index contributed by atoms with van der Waals surface area (Å²) in [4.78, 5) is 39.0. The van der Waals surface area contributed by atoms with Gasteiger partial charge in [0, 0.05) is 22.5 Å². The Morgan fingerprint density at radius 2 is 1.82 bits per heavy atom. The molecule has 1 aliphatic heterocycles. The van der Waals surface area contributed by atoms with Crippen molar-refractivity contribution in [3.05, 3.63) is 64.7 Å². The Labute approximate surface area is 168 Å². The van der Waals surface area contributed by atoms with Crippen molar-refractivity contribution in [2.75, 3.05) is 12.4 Å². The fourth-order valence-corrected chi connectivity index (χ4v) is 5.11. The van der Waals surface area contributed by atoms with E-state index in [1.807, 2.05) is 30.3 Å². The first-order valence-electron chi connectivity index (χ1n) is 9.15. The number of carbonyl (C=O) groups is 3. The Morgan fingerprint density at radius 3 is 2.46 bits per heavy atom. The average Bonchev–Trinajstić information content (AvgIpc) is 3.06. The van der Waals surface area contributed by atoms with Gasteiger partial charge < -0.3 is 10.1 Å². The second kappa shape index (κ2) is 6.74. The van der Waals surface area contributed by atoms with E-state index in [0.29, 0.717) is 10.7 Å². The lowest BCUT2D eigenvalue weighted by atomic mass is 9.67. The zero-order chi connectivity index (χ0) is 20.1. The molecule has 5 nitrogen and oxygen atoms in total. The number of ketones is 1. The van der Waals surface area contributed by atoms with Gasteiger partial charge in [-0.05, 0) is 48.6 Å². The Hall–Kier alpha value is -2.66. The van der Waals surface area contributed by atoms with Gasteiger partial charge in [0.1, 0.15) is 5.78 Å². The number of Topliss-reactive ketones (excluding diaryl/α,β-unsaturated/α-hetero) is 1. The Morgan fingerprint density at radius 1 is 1.14 bits per heavy atom. The fraction of sp³-hybridized carbons (Fsp3) is 0.318. The van der Waals surface area contributed by atoms with Crippen LogP contribution in [0.3, 0.4) is 0 Å². The predicted molar refractivity (Wildman–Crippen MR) is 105 cm³/mol. The van der Waals surface area contributed by atoms with Crippen LogP contribution in [0.2, 0.25) is 5.02 Å². The van der Waals surface area contributed by atoms with Gasteiger partial charge in [-0.3, -0.25) is 14.4 Å². The summed E-state index contributed by atoms with van der Waals surface area (Å²) in [5, 5.41) is 3.44. The molecule has 4 rings (SSSR count). The molecule has 0 bridgehead atoms. The molecule has 1 aliphatic carbocycles. The van der Waals surface area contributed by atoms with Crippen molar-refractivity contribution in [1.29, 1.82) is 0 Å². The van der Waals surface area contributed by atoms with Crippen molar-refractivity contribution in [3.63, 3.8) is 0 Å². The lowest BCUT2D eigenvalue weighted by molar-refractivity contribution is -0.158. The van der Waals surface area contributed by atoms with E-state index in [0.717, 1.165) is 11.1 Å². The lowest BCUT2D eigenvalue weighted by Crippen LogP contribution is -2.50. The largest absolute Gasteiger partial charge is 0.468 e. The SMILES string of the molecule is COC(=O)[C@]12C[C@H](c3ccc(Cl)cc3)[C@H](C(C)=O)[C@H]1c1ccccc1NC2=O. The first kappa shape index (κ1) is 18.7. The molecule has 1 saturated carbocycles. The number of hydrogen-bond donors (Lipinski definition) is 1. The van der Waals surface area contributed by atoms with Gasteiger partial charge in [-0.15, -0.1) is 0 Å². The molecule has 28 heavy (non-hydrogen) atoms. The van der Waals surface area contributed by atoms with Crippen LogP contribution in [-0.4, -0.2) is 24.8 Å². The number of methoxy groups -OCH3 is 1. The molecule has 0 unspecified atom stereocenters. The third-order valence-electron chi connectivity index (χ3n) is 6.13. The van der Waals surface area contributed by atoms with Crippen LogP contribution in [0.1, 0.15) is 36.3 Å². The van der Waals surface area contributed by atoms with Crippen LogP contribution >= 0.6 is 11.6 Å². The van der Waals surface area contributed by atoms with E-state index >= 15 is 0 Å². The number of rotatable bonds is 3. The summed E-state index contributed by atoms with van der Waals surface area (Å²) >= 11 is 6.02. The number of halogens is 1. The number of amides is 1. The van der Waals surface area contributed by atoms with Gasteiger partial charge in [-0.25, -0.2) is 0 Å². The van der Waals surface area contributed by atoms with E-state index in [1.165, 1.54) is 14.0 Å². The van der Waals surface area contributed by atoms with Gasteiger partial charge >= 0.3 is 5.97 Å². The van der Waals surface area contributed by atoms with Gasteiger partial charge in [-0.2, -0.15) is 0 Å². The molecular formula is C22H20ClNO4. The van der Waals surface area contributed by atoms with E-state index in [4.69, 9.17) is 16.3 Å². The number of ether oxygens (including phenoxy) is 1. The average molecular weight is 398 g/mol. The number of esters is 1. The number of carbonyl (C=O) groups excluding carboxylic acids is 3. The van der Waals surface area contributed by atoms with E-state index in [-0.39, 0.29) is 18.1 Å². The van der Waals surface area contributed by atoms with Crippen molar-refractivity contribution in [1.82, 2.24) is 0 Å². The van der Waals surface area contributed by atoms with Gasteiger partial charge in [-0.1, -0.05) is 41.9 Å². The van der Waals surface area contributed by atoms with Crippen LogP contribution in [0, 0.1) is 11.3 Å². The molecule has 0 spiro atoms. The summed E-state index contributed by atoms with van der Waals surface area (Å²) in [6, 6.07) is 14.6. The van der Waals surface area contributed by atoms with Gasteiger partial charge in [0.15, 0.2) is 5.41 Å². The minimum absolute atomic E-state index is 0.0553. The topological polar surface area (TPSA) is 72.5 Å². The highest BCUT2D eigenvalue weighted by atomic mass is 35.5. The summed E-state index contributed by atoms with van der Waals surface area (Å²) in [6.45, 7) is 1.52. The van der Waals surface area contributed by atoms with E-state index in [1.54, 1.807) is 18.2 Å². The number of hydrogen-bond acceptors (Lipinski definition) is 4. The normalized spacial score (nSPS) is 28.1. The second-order valence-corrected chi connectivity index (χ2v) is 7.92. The first-order chi connectivity index (χ1) is 13.4. The summed E-state index contributed by atoms with van der Waals surface area (Å²) < 4.78 is 5.08. The molecule has 0 radical (unpaired) electrons. The van der Waals surface area contributed by atoms with Gasteiger partial charge in [0.05, 0.1) is 7.11 Å². The van der Waals surface area contributed by atoms with Crippen LogP contribution in [-0.2, 0) is 19.1 Å². The first-order valence-corrected chi connectivity index (χ1v) is 9.52. The number of fused-ring (bicyclic) bond motifs is 3. The zero-order valence-corrected chi connectivity index (χ0v) is 16.3. The van der Waals surface area contributed by atoms with Crippen molar-refractivity contribution in [3.8, 4) is 0 Å². The zero-order valence-electron chi connectivity index (χ0n) is 15.6. The molecule has 1 N–H and O–H groups in total. The van der Waals surface area contributed by atoms with Crippen molar-refractivity contribution in [2.45, 2.75) is 25.2 Å². The lowest BCUT2D eigenvalue weighted by Gasteiger charge is -2.38. The van der Waals surface area contributed by atoms with Crippen molar-refractivity contribution >= 4 is 34.9 Å². The summed E-state index contributed by atoms with van der Waals surface area (Å²) in [5.41, 5.74) is 0.876. The quantitative estimate of drug-likeness (QED) is 0.629. The number of nitrogens with one attached hydrogen (secondary N) is 1. The summed E-state index contributed by atoms with van der Waals surface area (Å²) in [7, 11) is 1.28. The highest BCUT2D eigenvalue weighted by Gasteiger charge is 2.66. The second-order valence-electron chi connectivity index (χ2n) is 7.48.